The number of carbonyl (C=O) groups is 1. The summed E-state index contributed by atoms with van der Waals surface area (Å²) in [4.78, 5) is 11.9. The molecule has 6 nitrogen and oxygen atoms in total. The molecule has 2 atom stereocenters. The summed E-state index contributed by atoms with van der Waals surface area (Å²) >= 11 is 0. The van der Waals surface area contributed by atoms with Crippen LogP contribution in [0.4, 0.5) is 0 Å². The second kappa shape index (κ2) is 5.90. The maximum atomic E-state index is 11.9. The molecule has 6 heteroatoms. The SMILES string of the molecule is COC(CN)C(=O)NC(C)c1ccc2c(c1)OCO2. The second-order valence-corrected chi connectivity index (χ2v) is 4.30. The topological polar surface area (TPSA) is 82.8 Å². The fourth-order valence-electron chi connectivity index (χ4n) is 1.88. The van der Waals surface area contributed by atoms with Gasteiger partial charge < -0.3 is 25.3 Å². The Morgan fingerprint density at radius 2 is 2.21 bits per heavy atom. The molecule has 2 rings (SSSR count). The van der Waals surface area contributed by atoms with Gasteiger partial charge in [0.15, 0.2) is 11.5 Å². The van der Waals surface area contributed by atoms with Gasteiger partial charge in [0.25, 0.3) is 5.91 Å². The van der Waals surface area contributed by atoms with E-state index in [1.54, 1.807) is 0 Å². The lowest BCUT2D eigenvalue weighted by Gasteiger charge is -2.18. The number of fused-ring (bicyclic) bond motifs is 1. The van der Waals surface area contributed by atoms with Crippen LogP contribution in [-0.2, 0) is 9.53 Å². The third-order valence-corrected chi connectivity index (χ3v) is 3.05. The Labute approximate surface area is 111 Å². The Kier molecular flexibility index (Phi) is 4.24. The van der Waals surface area contributed by atoms with Gasteiger partial charge in [-0.05, 0) is 24.6 Å². The number of nitrogens with two attached hydrogens (primary N) is 1. The number of hydrogen-bond acceptors (Lipinski definition) is 5. The molecular weight excluding hydrogens is 248 g/mol. The molecule has 1 aliphatic heterocycles. The molecule has 0 spiro atoms. The largest absolute Gasteiger partial charge is 0.454 e. The third kappa shape index (κ3) is 2.97. The molecule has 0 bridgehead atoms. The summed E-state index contributed by atoms with van der Waals surface area (Å²) in [5, 5.41) is 2.85. The summed E-state index contributed by atoms with van der Waals surface area (Å²) in [6.07, 6.45) is -0.628. The molecular formula is C13H18N2O4. The van der Waals surface area contributed by atoms with Crippen LogP contribution in [0.5, 0.6) is 11.5 Å². The van der Waals surface area contributed by atoms with E-state index in [0.717, 1.165) is 11.3 Å². The Bertz CT molecular complexity index is 460. The molecule has 1 aliphatic rings. The Morgan fingerprint density at radius 3 is 2.89 bits per heavy atom. The maximum Gasteiger partial charge on any atom is 0.250 e. The predicted molar refractivity (Wildman–Crippen MR) is 69.0 cm³/mol. The number of nitrogens with one attached hydrogen (secondary N) is 1. The molecule has 0 radical (unpaired) electrons. The molecule has 0 aromatic heterocycles. The van der Waals surface area contributed by atoms with Crippen LogP contribution in [0.1, 0.15) is 18.5 Å². The number of hydrogen-bond donors (Lipinski definition) is 2. The van der Waals surface area contributed by atoms with Gasteiger partial charge in [0, 0.05) is 13.7 Å². The highest BCUT2D eigenvalue weighted by molar-refractivity contribution is 5.81. The van der Waals surface area contributed by atoms with Crippen molar-refractivity contribution in [2.24, 2.45) is 5.73 Å². The first kappa shape index (κ1) is 13.6. The Balaban J connectivity index is 2.03. The van der Waals surface area contributed by atoms with Crippen LogP contribution in [0, 0.1) is 0 Å². The number of carbonyl (C=O) groups excluding carboxylic acids is 1. The van der Waals surface area contributed by atoms with Gasteiger partial charge in [-0.2, -0.15) is 0 Å². The van der Waals surface area contributed by atoms with Crippen molar-refractivity contribution in [2.75, 3.05) is 20.4 Å². The van der Waals surface area contributed by atoms with Crippen molar-refractivity contribution in [1.29, 1.82) is 0 Å². The average molecular weight is 266 g/mol. The van der Waals surface area contributed by atoms with E-state index in [0.29, 0.717) is 5.75 Å². The minimum atomic E-state index is -0.628. The van der Waals surface area contributed by atoms with Crippen molar-refractivity contribution in [3.05, 3.63) is 23.8 Å². The fraction of sp³-hybridized carbons (Fsp3) is 0.462. The van der Waals surface area contributed by atoms with Crippen molar-refractivity contribution in [3.63, 3.8) is 0 Å². The fourth-order valence-corrected chi connectivity index (χ4v) is 1.88. The zero-order chi connectivity index (χ0) is 13.8. The predicted octanol–water partition coefficient (Wildman–Crippen LogP) is 0.566. The van der Waals surface area contributed by atoms with Crippen molar-refractivity contribution in [2.45, 2.75) is 19.1 Å². The first-order chi connectivity index (χ1) is 9.15. The second-order valence-electron chi connectivity index (χ2n) is 4.30. The van der Waals surface area contributed by atoms with Crippen molar-refractivity contribution >= 4 is 5.91 Å². The van der Waals surface area contributed by atoms with Gasteiger partial charge in [0.05, 0.1) is 6.04 Å². The van der Waals surface area contributed by atoms with E-state index in [4.69, 9.17) is 19.9 Å². The van der Waals surface area contributed by atoms with Crippen LogP contribution in [-0.4, -0.2) is 32.5 Å². The number of amides is 1. The molecule has 1 amide bonds. The molecule has 104 valence electrons. The third-order valence-electron chi connectivity index (χ3n) is 3.05. The molecule has 1 aromatic rings. The van der Waals surface area contributed by atoms with Gasteiger partial charge in [-0.3, -0.25) is 4.79 Å². The van der Waals surface area contributed by atoms with Gasteiger partial charge in [0.1, 0.15) is 6.10 Å². The maximum absolute atomic E-state index is 11.9. The molecule has 1 aromatic carbocycles. The summed E-state index contributed by atoms with van der Waals surface area (Å²) in [6, 6.07) is 5.42. The monoisotopic (exact) mass is 266 g/mol. The van der Waals surface area contributed by atoms with Crippen molar-refractivity contribution < 1.29 is 19.0 Å². The summed E-state index contributed by atoms with van der Waals surface area (Å²) in [5.41, 5.74) is 6.38. The first-order valence-electron chi connectivity index (χ1n) is 6.08. The van der Waals surface area contributed by atoms with Gasteiger partial charge in [-0.25, -0.2) is 0 Å². The molecule has 0 saturated heterocycles. The lowest BCUT2D eigenvalue weighted by molar-refractivity contribution is -0.131. The summed E-state index contributed by atoms with van der Waals surface area (Å²) in [7, 11) is 1.46. The zero-order valence-electron chi connectivity index (χ0n) is 11.0. The zero-order valence-corrected chi connectivity index (χ0v) is 11.0. The lowest BCUT2D eigenvalue weighted by atomic mass is 10.1. The molecule has 0 aliphatic carbocycles. The minimum absolute atomic E-state index is 0.149. The van der Waals surface area contributed by atoms with E-state index in [1.807, 2.05) is 25.1 Å². The van der Waals surface area contributed by atoms with Gasteiger partial charge in [-0.1, -0.05) is 6.07 Å². The standard InChI is InChI=1S/C13H18N2O4/c1-8(15-13(16)12(6-14)17-2)9-3-4-10-11(5-9)19-7-18-10/h3-5,8,12H,6-7,14H2,1-2H3,(H,15,16). The van der Waals surface area contributed by atoms with Crippen LogP contribution in [0.3, 0.4) is 0 Å². The first-order valence-corrected chi connectivity index (χ1v) is 6.08. The Hall–Kier alpha value is -1.79. The Morgan fingerprint density at radius 1 is 1.47 bits per heavy atom. The molecule has 19 heavy (non-hydrogen) atoms. The summed E-state index contributed by atoms with van der Waals surface area (Å²) in [5.74, 6) is 1.19. The molecule has 0 saturated carbocycles. The summed E-state index contributed by atoms with van der Waals surface area (Å²) < 4.78 is 15.5. The minimum Gasteiger partial charge on any atom is -0.454 e. The summed E-state index contributed by atoms with van der Waals surface area (Å²) in [6.45, 7) is 2.27. The van der Waals surface area contributed by atoms with Gasteiger partial charge in [-0.15, -0.1) is 0 Å². The van der Waals surface area contributed by atoms with Crippen LogP contribution in [0.15, 0.2) is 18.2 Å². The van der Waals surface area contributed by atoms with Crippen molar-refractivity contribution in [1.82, 2.24) is 5.32 Å². The van der Waals surface area contributed by atoms with Gasteiger partial charge >= 0.3 is 0 Å². The van der Waals surface area contributed by atoms with E-state index >= 15 is 0 Å². The molecule has 2 unspecified atom stereocenters. The quantitative estimate of drug-likeness (QED) is 0.814. The number of rotatable bonds is 5. The van der Waals surface area contributed by atoms with Crippen molar-refractivity contribution in [3.8, 4) is 11.5 Å². The number of ether oxygens (including phenoxy) is 3. The average Bonchev–Trinajstić information content (AvgIpc) is 2.87. The lowest BCUT2D eigenvalue weighted by Crippen LogP contribution is -2.41. The normalized spacial score (nSPS) is 15.9. The highest BCUT2D eigenvalue weighted by Crippen LogP contribution is 2.34. The van der Waals surface area contributed by atoms with E-state index in [2.05, 4.69) is 5.32 Å². The van der Waals surface area contributed by atoms with Crippen LogP contribution in [0.2, 0.25) is 0 Å². The number of methoxy groups -OCH3 is 1. The highest BCUT2D eigenvalue weighted by Gasteiger charge is 2.20. The van der Waals surface area contributed by atoms with Gasteiger partial charge in [0.2, 0.25) is 6.79 Å². The molecule has 1 heterocycles. The highest BCUT2D eigenvalue weighted by atomic mass is 16.7. The van der Waals surface area contributed by atoms with Crippen LogP contribution in [0.25, 0.3) is 0 Å². The smallest absolute Gasteiger partial charge is 0.250 e. The van der Waals surface area contributed by atoms with E-state index in [1.165, 1.54) is 7.11 Å². The molecule has 3 N–H and O–H groups in total. The van der Waals surface area contributed by atoms with E-state index in [-0.39, 0.29) is 25.3 Å². The van der Waals surface area contributed by atoms with E-state index < -0.39 is 6.10 Å². The number of benzene rings is 1. The molecule has 0 fully saturated rings. The van der Waals surface area contributed by atoms with E-state index in [9.17, 15) is 4.79 Å². The van der Waals surface area contributed by atoms with Crippen LogP contribution < -0.4 is 20.5 Å². The van der Waals surface area contributed by atoms with Crippen LogP contribution >= 0.6 is 0 Å².